The second-order valence-corrected chi connectivity index (χ2v) is 4.52. The quantitative estimate of drug-likeness (QED) is 0.387. The van der Waals surface area contributed by atoms with Crippen LogP contribution >= 0.6 is 0 Å². The molecule has 1 rings (SSSR count). The lowest BCUT2D eigenvalue weighted by Gasteiger charge is -2.18. The van der Waals surface area contributed by atoms with Crippen molar-refractivity contribution in [1.82, 2.24) is 5.32 Å². The van der Waals surface area contributed by atoms with Gasteiger partial charge in [-0.05, 0) is 30.5 Å². The second-order valence-electron chi connectivity index (χ2n) is 4.52. The third-order valence-corrected chi connectivity index (χ3v) is 2.99. The number of hydrogen-bond donors (Lipinski definition) is 3. The first kappa shape index (κ1) is 16.4. The normalized spacial score (nSPS) is 12.4. The summed E-state index contributed by atoms with van der Waals surface area (Å²) in [4.78, 5) is 3.81. The zero-order chi connectivity index (χ0) is 15.0. The van der Waals surface area contributed by atoms with E-state index < -0.39 is 12.5 Å². The highest BCUT2D eigenvalue weighted by Gasteiger charge is 2.21. The molecule has 0 radical (unpaired) electrons. The van der Waals surface area contributed by atoms with Gasteiger partial charge in [-0.25, -0.2) is 8.78 Å². The molecule has 0 aliphatic heterocycles. The van der Waals surface area contributed by atoms with Gasteiger partial charge in [-0.15, -0.1) is 0 Å². The van der Waals surface area contributed by atoms with Gasteiger partial charge in [-0.2, -0.15) is 0 Å². The van der Waals surface area contributed by atoms with Crippen molar-refractivity contribution < 1.29 is 8.78 Å². The average Bonchev–Trinajstić information content (AvgIpc) is 2.42. The maximum absolute atomic E-state index is 13.1. The maximum atomic E-state index is 13.1. The summed E-state index contributed by atoms with van der Waals surface area (Å²) >= 11 is 0. The van der Waals surface area contributed by atoms with E-state index in [2.05, 4.69) is 10.3 Å². The molecule has 1 aromatic rings. The third kappa shape index (κ3) is 5.52. The molecule has 1 aromatic carbocycles. The molecule has 5 N–H and O–H groups in total. The number of aryl methyl sites for hydroxylation is 1. The van der Waals surface area contributed by atoms with E-state index in [1.54, 1.807) is 12.1 Å². The number of guanidine groups is 1. The number of aliphatic imine (C=N–C) groups is 1. The lowest BCUT2D eigenvalue weighted by Crippen LogP contribution is -2.29. The Morgan fingerprint density at radius 1 is 1.25 bits per heavy atom. The zero-order valence-corrected chi connectivity index (χ0v) is 11.7. The number of alkyl halides is 2. The minimum Gasteiger partial charge on any atom is -0.370 e. The van der Waals surface area contributed by atoms with Crippen LogP contribution in [-0.2, 0) is 6.42 Å². The molecule has 6 heteroatoms. The van der Waals surface area contributed by atoms with Crippen molar-refractivity contribution in [3.8, 4) is 0 Å². The van der Waals surface area contributed by atoms with Crippen molar-refractivity contribution in [2.75, 3.05) is 13.1 Å². The van der Waals surface area contributed by atoms with E-state index in [4.69, 9.17) is 11.5 Å². The van der Waals surface area contributed by atoms with Crippen LogP contribution in [0.3, 0.4) is 0 Å². The van der Waals surface area contributed by atoms with Gasteiger partial charge in [0.1, 0.15) is 0 Å². The summed E-state index contributed by atoms with van der Waals surface area (Å²) in [7, 11) is 0. The minimum absolute atomic E-state index is 0.0190. The van der Waals surface area contributed by atoms with Crippen LogP contribution in [-0.4, -0.2) is 25.5 Å². The minimum atomic E-state index is -2.45. The number of benzene rings is 1. The van der Waals surface area contributed by atoms with E-state index in [0.29, 0.717) is 25.1 Å². The van der Waals surface area contributed by atoms with E-state index in [1.807, 2.05) is 19.1 Å². The van der Waals surface area contributed by atoms with Crippen LogP contribution in [0.2, 0.25) is 0 Å². The van der Waals surface area contributed by atoms with E-state index >= 15 is 0 Å². The van der Waals surface area contributed by atoms with Crippen LogP contribution in [0.15, 0.2) is 29.3 Å². The van der Waals surface area contributed by atoms with Crippen molar-refractivity contribution in [2.45, 2.75) is 32.2 Å². The van der Waals surface area contributed by atoms with Crippen LogP contribution in [0, 0.1) is 0 Å². The van der Waals surface area contributed by atoms with E-state index in [0.717, 1.165) is 12.0 Å². The van der Waals surface area contributed by atoms with Crippen LogP contribution in [0.25, 0.3) is 0 Å². The summed E-state index contributed by atoms with van der Waals surface area (Å²) < 4.78 is 26.1. The van der Waals surface area contributed by atoms with Crippen LogP contribution in [0.5, 0.6) is 0 Å². The molecule has 0 spiro atoms. The van der Waals surface area contributed by atoms with E-state index in [9.17, 15) is 8.78 Å². The van der Waals surface area contributed by atoms with Crippen molar-refractivity contribution in [3.05, 3.63) is 35.4 Å². The molecule has 1 unspecified atom stereocenters. The Balaban J connectivity index is 2.53. The van der Waals surface area contributed by atoms with Crippen molar-refractivity contribution in [3.63, 3.8) is 0 Å². The molecule has 0 aliphatic carbocycles. The SMILES string of the molecule is CCc1ccc(C(NCCCN=C(N)N)C(F)F)cc1. The Bertz CT molecular complexity index is 414. The molecule has 4 nitrogen and oxygen atoms in total. The Kier molecular flexibility index (Phi) is 6.93. The van der Waals surface area contributed by atoms with Gasteiger partial charge in [0.2, 0.25) is 0 Å². The molecule has 0 saturated heterocycles. The van der Waals surface area contributed by atoms with Gasteiger partial charge in [0.25, 0.3) is 6.43 Å². The van der Waals surface area contributed by atoms with Crippen molar-refractivity contribution >= 4 is 5.96 Å². The highest BCUT2D eigenvalue weighted by Crippen LogP contribution is 2.21. The van der Waals surface area contributed by atoms with E-state index in [1.165, 1.54) is 0 Å². The highest BCUT2D eigenvalue weighted by molar-refractivity contribution is 5.75. The summed E-state index contributed by atoms with van der Waals surface area (Å²) in [6.45, 7) is 2.89. The summed E-state index contributed by atoms with van der Waals surface area (Å²) in [5.74, 6) is 0.0190. The second kappa shape index (κ2) is 8.47. The fraction of sp³-hybridized carbons (Fsp3) is 0.500. The Morgan fingerprint density at radius 3 is 2.40 bits per heavy atom. The fourth-order valence-electron chi connectivity index (χ4n) is 1.86. The first-order chi connectivity index (χ1) is 9.54. The molecule has 0 amide bonds. The van der Waals surface area contributed by atoms with Gasteiger partial charge in [0, 0.05) is 6.54 Å². The van der Waals surface area contributed by atoms with Gasteiger partial charge in [0.05, 0.1) is 6.04 Å². The van der Waals surface area contributed by atoms with Crippen LogP contribution in [0.4, 0.5) is 8.78 Å². The summed E-state index contributed by atoms with van der Waals surface area (Å²) in [5, 5.41) is 2.85. The maximum Gasteiger partial charge on any atom is 0.257 e. The first-order valence-electron chi connectivity index (χ1n) is 6.70. The van der Waals surface area contributed by atoms with Gasteiger partial charge in [-0.1, -0.05) is 31.2 Å². The number of halogens is 2. The number of nitrogens with one attached hydrogen (secondary N) is 1. The molecular formula is C14H22F2N4. The van der Waals surface area contributed by atoms with Crippen LogP contribution < -0.4 is 16.8 Å². The lowest BCUT2D eigenvalue weighted by molar-refractivity contribution is 0.0984. The number of hydrogen-bond acceptors (Lipinski definition) is 2. The predicted octanol–water partition coefficient (Wildman–Crippen LogP) is 1.81. The highest BCUT2D eigenvalue weighted by atomic mass is 19.3. The summed E-state index contributed by atoms with van der Waals surface area (Å²) in [5.41, 5.74) is 12.1. The standard InChI is InChI=1S/C14H22F2N4/c1-2-10-4-6-11(7-5-10)12(13(15)16)19-8-3-9-20-14(17)18/h4-7,12-13,19H,2-3,8-9H2,1H3,(H4,17,18,20). The number of nitrogens with two attached hydrogens (primary N) is 2. The molecule has 20 heavy (non-hydrogen) atoms. The Morgan fingerprint density at radius 2 is 1.90 bits per heavy atom. The fourth-order valence-corrected chi connectivity index (χ4v) is 1.86. The lowest BCUT2D eigenvalue weighted by atomic mass is 10.0. The largest absolute Gasteiger partial charge is 0.370 e. The Hall–Kier alpha value is -1.69. The van der Waals surface area contributed by atoms with Gasteiger partial charge < -0.3 is 16.8 Å². The molecule has 0 heterocycles. The molecular weight excluding hydrogens is 262 g/mol. The first-order valence-corrected chi connectivity index (χ1v) is 6.70. The molecule has 112 valence electrons. The number of rotatable bonds is 8. The predicted molar refractivity (Wildman–Crippen MR) is 77.9 cm³/mol. The van der Waals surface area contributed by atoms with Crippen molar-refractivity contribution in [2.24, 2.45) is 16.5 Å². The average molecular weight is 284 g/mol. The van der Waals surface area contributed by atoms with Crippen LogP contribution in [0.1, 0.15) is 30.5 Å². The zero-order valence-electron chi connectivity index (χ0n) is 11.7. The molecule has 0 aliphatic rings. The molecule has 0 fully saturated rings. The smallest absolute Gasteiger partial charge is 0.257 e. The Labute approximate surface area is 118 Å². The summed E-state index contributed by atoms with van der Waals surface area (Å²) in [6, 6.07) is 6.30. The number of nitrogens with zero attached hydrogens (tertiary/aromatic N) is 1. The van der Waals surface area contributed by atoms with Gasteiger partial charge in [0.15, 0.2) is 5.96 Å². The van der Waals surface area contributed by atoms with E-state index in [-0.39, 0.29) is 5.96 Å². The third-order valence-electron chi connectivity index (χ3n) is 2.99. The van der Waals surface area contributed by atoms with Crippen molar-refractivity contribution in [1.29, 1.82) is 0 Å². The molecule has 0 bridgehead atoms. The topological polar surface area (TPSA) is 76.4 Å². The molecule has 0 aromatic heterocycles. The van der Waals surface area contributed by atoms with Gasteiger partial charge in [-0.3, -0.25) is 4.99 Å². The molecule has 1 atom stereocenters. The summed E-state index contributed by atoms with van der Waals surface area (Å²) in [6.07, 6.45) is -0.953. The monoisotopic (exact) mass is 284 g/mol. The van der Waals surface area contributed by atoms with Gasteiger partial charge >= 0.3 is 0 Å². The molecule has 0 saturated carbocycles.